The Morgan fingerprint density at radius 2 is 2.10 bits per heavy atom. The van der Waals surface area contributed by atoms with Crippen LogP contribution in [0.1, 0.15) is 25.5 Å². The summed E-state index contributed by atoms with van der Waals surface area (Å²) in [5, 5.41) is 11.0. The van der Waals surface area contributed by atoms with Crippen LogP contribution >= 0.6 is 0 Å². The molecule has 0 amide bonds. The average molecular weight is 285 g/mol. The molecule has 0 saturated heterocycles. The van der Waals surface area contributed by atoms with Gasteiger partial charge in [0.25, 0.3) is 5.89 Å². The lowest BCUT2D eigenvalue weighted by Crippen LogP contribution is -1.91. The first-order valence-electron chi connectivity index (χ1n) is 6.56. The standard InChI is InChI=1S/C14H15N5O2/c1-8(2)12-10(7-16-18-12)14-17-13(19-21-14)9-4-5-11(20-3)15-6-9/h4-8H,1-3H3,(H,16,18). The Labute approximate surface area is 121 Å². The van der Waals surface area contributed by atoms with Gasteiger partial charge in [0.2, 0.25) is 11.7 Å². The fourth-order valence-electron chi connectivity index (χ4n) is 1.99. The highest BCUT2D eigenvalue weighted by molar-refractivity contribution is 5.60. The van der Waals surface area contributed by atoms with E-state index < -0.39 is 0 Å². The van der Waals surface area contributed by atoms with Crippen molar-refractivity contribution in [3.05, 3.63) is 30.2 Å². The van der Waals surface area contributed by atoms with Crippen LogP contribution in [0.2, 0.25) is 0 Å². The molecule has 7 heteroatoms. The Kier molecular flexibility index (Phi) is 3.39. The highest BCUT2D eigenvalue weighted by Crippen LogP contribution is 2.27. The van der Waals surface area contributed by atoms with E-state index in [1.54, 1.807) is 25.6 Å². The maximum absolute atomic E-state index is 5.33. The molecular weight excluding hydrogens is 270 g/mol. The Morgan fingerprint density at radius 1 is 1.24 bits per heavy atom. The van der Waals surface area contributed by atoms with Gasteiger partial charge in [-0.3, -0.25) is 5.10 Å². The van der Waals surface area contributed by atoms with Crippen LogP contribution < -0.4 is 4.74 Å². The number of rotatable bonds is 4. The Morgan fingerprint density at radius 3 is 2.76 bits per heavy atom. The average Bonchev–Trinajstić information content (AvgIpc) is 3.16. The van der Waals surface area contributed by atoms with Crippen LogP contribution in [0.15, 0.2) is 29.0 Å². The molecule has 0 saturated carbocycles. The lowest BCUT2D eigenvalue weighted by atomic mass is 10.1. The SMILES string of the molecule is COc1ccc(-c2noc(-c3cn[nH]c3C(C)C)n2)cn1. The van der Waals surface area contributed by atoms with Crippen LogP contribution in [0.5, 0.6) is 5.88 Å². The van der Waals surface area contributed by atoms with Crippen LogP contribution in [0.25, 0.3) is 22.8 Å². The summed E-state index contributed by atoms with van der Waals surface area (Å²) in [5.41, 5.74) is 2.56. The van der Waals surface area contributed by atoms with Crippen LogP contribution in [-0.4, -0.2) is 32.4 Å². The maximum atomic E-state index is 5.33. The minimum atomic E-state index is 0.292. The van der Waals surface area contributed by atoms with Crippen LogP contribution in [0.4, 0.5) is 0 Å². The number of hydrogen-bond donors (Lipinski definition) is 1. The number of pyridine rings is 1. The largest absolute Gasteiger partial charge is 0.481 e. The number of aromatic amines is 1. The van der Waals surface area contributed by atoms with E-state index in [1.165, 1.54) is 0 Å². The molecular formula is C14H15N5O2. The van der Waals surface area contributed by atoms with Gasteiger partial charge in [0.1, 0.15) is 0 Å². The number of nitrogens with one attached hydrogen (secondary N) is 1. The van der Waals surface area contributed by atoms with Gasteiger partial charge in [0.15, 0.2) is 0 Å². The third-order valence-electron chi connectivity index (χ3n) is 3.11. The third kappa shape index (κ3) is 2.49. The molecule has 0 atom stereocenters. The second-order valence-corrected chi connectivity index (χ2v) is 4.86. The zero-order valence-electron chi connectivity index (χ0n) is 12.0. The van der Waals surface area contributed by atoms with E-state index in [1.807, 2.05) is 6.07 Å². The van der Waals surface area contributed by atoms with E-state index in [4.69, 9.17) is 9.26 Å². The van der Waals surface area contributed by atoms with Crippen LogP contribution in [0.3, 0.4) is 0 Å². The number of H-pyrrole nitrogens is 1. The zero-order valence-corrected chi connectivity index (χ0v) is 12.0. The lowest BCUT2D eigenvalue weighted by molar-refractivity contribution is 0.398. The van der Waals surface area contributed by atoms with Gasteiger partial charge >= 0.3 is 0 Å². The van der Waals surface area contributed by atoms with Gasteiger partial charge in [-0.1, -0.05) is 19.0 Å². The highest BCUT2D eigenvalue weighted by Gasteiger charge is 2.17. The van der Waals surface area contributed by atoms with Gasteiger partial charge in [0.05, 0.1) is 24.6 Å². The Bertz CT molecular complexity index is 730. The van der Waals surface area contributed by atoms with E-state index in [0.29, 0.717) is 23.5 Å². The molecule has 1 N–H and O–H groups in total. The number of ether oxygens (including phenoxy) is 1. The van der Waals surface area contributed by atoms with Crippen molar-refractivity contribution in [2.45, 2.75) is 19.8 Å². The maximum Gasteiger partial charge on any atom is 0.261 e. The van der Waals surface area contributed by atoms with Crippen molar-refractivity contribution in [3.63, 3.8) is 0 Å². The molecule has 0 aliphatic rings. The molecule has 0 bridgehead atoms. The van der Waals surface area contributed by atoms with Crippen molar-refractivity contribution >= 4 is 0 Å². The van der Waals surface area contributed by atoms with E-state index >= 15 is 0 Å². The van der Waals surface area contributed by atoms with Crippen molar-refractivity contribution < 1.29 is 9.26 Å². The van der Waals surface area contributed by atoms with E-state index in [-0.39, 0.29) is 0 Å². The van der Waals surface area contributed by atoms with Gasteiger partial charge in [-0.25, -0.2) is 4.98 Å². The third-order valence-corrected chi connectivity index (χ3v) is 3.11. The fraction of sp³-hybridized carbons (Fsp3) is 0.286. The summed E-state index contributed by atoms with van der Waals surface area (Å²) >= 11 is 0. The minimum absolute atomic E-state index is 0.292. The summed E-state index contributed by atoms with van der Waals surface area (Å²) in [4.78, 5) is 8.53. The molecule has 108 valence electrons. The lowest BCUT2D eigenvalue weighted by Gasteiger charge is -2.01. The molecule has 0 unspecified atom stereocenters. The minimum Gasteiger partial charge on any atom is -0.481 e. The van der Waals surface area contributed by atoms with Crippen molar-refractivity contribution in [3.8, 4) is 28.7 Å². The Hall–Kier alpha value is -2.70. The van der Waals surface area contributed by atoms with Gasteiger partial charge in [0, 0.05) is 17.8 Å². The van der Waals surface area contributed by atoms with Gasteiger partial charge in [-0.15, -0.1) is 0 Å². The monoisotopic (exact) mass is 285 g/mol. The first kappa shape index (κ1) is 13.3. The summed E-state index contributed by atoms with van der Waals surface area (Å²) in [7, 11) is 1.57. The number of hydrogen-bond acceptors (Lipinski definition) is 6. The molecule has 0 spiro atoms. The van der Waals surface area contributed by atoms with E-state index in [2.05, 4.69) is 39.2 Å². The molecule has 0 aromatic carbocycles. The molecule has 0 aliphatic carbocycles. The quantitative estimate of drug-likeness (QED) is 0.792. The van der Waals surface area contributed by atoms with Crippen molar-refractivity contribution in [2.24, 2.45) is 0 Å². The summed E-state index contributed by atoms with van der Waals surface area (Å²) in [6.07, 6.45) is 3.34. The predicted molar refractivity (Wildman–Crippen MR) is 75.8 cm³/mol. The molecule has 3 aromatic heterocycles. The van der Waals surface area contributed by atoms with Gasteiger partial charge in [-0.2, -0.15) is 10.1 Å². The highest BCUT2D eigenvalue weighted by atomic mass is 16.5. The van der Waals surface area contributed by atoms with Crippen molar-refractivity contribution in [2.75, 3.05) is 7.11 Å². The normalized spacial score (nSPS) is 11.0. The smallest absolute Gasteiger partial charge is 0.261 e. The van der Waals surface area contributed by atoms with Crippen molar-refractivity contribution in [1.29, 1.82) is 0 Å². The molecule has 0 radical (unpaired) electrons. The molecule has 3 heterocycles. The number of methoxy groups -OCH3 is 1. The second-order valence-electron chi connectivity index (χ2n) is 4.86. The van der Waals surface area contributed by atoms with Gasteiger partial charge < -0.3 is 9.26 Å². The topological polar surface area (TPSA) is 89.7 Å². The second kappa shape index (κ2) is 5.35. The van der Waals surface area contributed by atoms with Crippen LogP contribution in [-0.2, 0) is 0 Å². The first-order chi connectivity index (χ1) is 10.2. The summed E-state index contributed by atoms with van der Waals surface area (Å²) in [6, 6.07) is 3.59. The predicted octanol–water partition coefficient (Wildman–Crippen LogP) is 2.65. The van der Waals surface area contributed by atoms with E-state index in [9.17, 15) is 0 Å². The van der Waals surface area contributed by atoms with Gasteiger partial charge in [-0.05, 0) is 12.0 Å². The fourth-order valence-corrected chi connectivity index (χ4v) is 1.99. The molecule has 0 fully saturated rings. The molecule has 3 aromatic rings. The molecule has 3 rings (SSSR count). The van der Waals surface area contributed by atoms with Crippen LogP contribution in [0, 0.1) is 0 Å². The summed E-state index contributed by atoms with van der Waals surface area (Å²) < 4.78 is 10.4. The first-order valence-corrected chi connectivity index (χ1v) is 6.56. The summed E-state index contributed by atoms with van der Waals surface area (Å²) in [6.45, 7) is 4.14. The molecule has 21 heavy (non-hydrogen) atoms. The number of aromatic nitrogens is 5. The van der Waals surface area contributed by atoms with E-state index in [0.717, 1.165) is 16.8 Å². The molecule has 7 nitrogen and oxygen atoms in total. The van der Waals surface area contributed by atoms with Crippen molar-refractivity contribution in [1.82, 2.24) is 25.3 Å². The zero-order chi connectivity index (χ0) is 14.8. The Balaban J connectivity index is 1.94. The summed E-state index contributed by atoms with van der Waals surface area (Å²) in [5.74, 6) is 1.76. The molecule has 0 aliphatic heterocycles. The number of nitrogens with zero attached hydrogens (tertiary/aromatic N) is 4.